The lowest BCUT2D eigenvalue weighted by atomic mass is 9.90. The lowest BCUT2D eigenvalue weighted by Crippen LogP contribution is -2.35. The molecule has 3 rings (SSSR count). The van der Waals surface area contributed by atoms with Crippen molar-refractivity contribution in [3.05, 3.63) is 36.0 Å². The Morgan fingerprint density at radius 2 is 2.04 bits per heavy atom. The van der Waals surface area contributed by atoms with E-state index in [1.807, 2.05) is 24.3 Å². The first-order valence-corrected chi connectivity index (χ1v) is 7.65. The fourth-order valence-corrected chi connectivity index (χ4v) is 2.82. The van der Waals surface area contributed by atoms with Crippen LogP contribution in [0.5, 0.6) is 5.75 Å². The highest BCUT2D eigenvalue weighted by molar-refractivity contribution is 5.94. The molecular weight excluding hydrogens is 310 g/mol. The summed E-state index contributed by atoms with van der Waals surface area (Å²) >= 11 is 0. The number of benzene rings is 1. The molecule has 1 aromatic carbocycles. The number of aliphatic carboxylic acids is 1. The zero-order valence-corrected chi connectivity index (χ0v) is 13.6. The fourth-order valence-electron chi connectivity index (χ4n) is 2.82. The Morgan fingerprint density at radius 3 is 2.62 bits per heavy atom. The summed E-state index contributed by atoms with van der Waals surface area (Å²) in [4.78, 5) is 25.4. The smallest absolute Gasteiger partial charge is 0.311 e. The van der Waals surface area contributed by atoms with Gasteiger partial charge in [0.05, 0.1) is 18.2 Å². The van der Waals surface area contributed by atoms with E-state index in [0.717, 1.165) is 11.3 Å². The largest absolute Gasteiger partial charge is 0.497 e. The molecule has 1 atom stereocenters. The van der Waals surface area contributed by atoms with Gasteiger partial charge in [-0.25, -0.2) is 0 Å². The molecule has 0 spiro atoms. The molecule has 1 aromatic heterocycles. The van der Waals surface area contributed by atoms with Crippen molar-refractivity contribution < 1.29 is 19.4 Å². The van der Waals surface area contributed by atoms with Crippen molar-refractivity contribution in [1.82, 2.24) is 15.1 Å². The van der Waals surface area contributed by atoms with E-state index in [1.165, 1.54) is 0 Å². The summed E-state index contributed by atoms with van der Waals surface area (Å²) in [5.41, 5.74) is 0.994. The minimum absolute atomic E-state index is 0.206. The van der Waals surface area contributed by atoms with Gasteiger partial charge in [0.2, 0.25) is 0 Å². The summed E-state index contributed by atoms with van der Waals surface area (Å²) in [5.74, 6) is -0.357. The predicted molar refractivity (Wildman–Crippen MR) is 86.8 cm³/mol. The number of ether oxygens (including phenoxy) is 1. The Balaban J connectivity index is 1.75. The molecule has 1 aliphatic heterocycles. The third-order valence-electron chi connectivity index (χ3n) is 4.47. The van der Waals surface area contributed by atoms with E-state index in [-0.39, 0.29) is 12.5 Å². The Hall–Kier alpha value is -2.83. The summed E-state index contributed by atoms with van der Waals surface area (Å²) in [6, 6.07) is 9.05. The minimum atomic E-state index is -0.880. The van der Waals surface area contributed by atoms with Gasteiger partial charge in [0, 0.05) is 18.7 Å². The second-order valence-corrected chi connectivity index (χ2v) is 6.24. The number of hydrogen-bond acceptors (Lipinski definition) is 4. The van der Waals surface area contributed by atoms with E-state index in [9.17, 15) is 14.7 Å². The van der Waals surface area contributed by atoms with Gasteiger partial charge >= 0.3 is 5.97 Å². The number of carbonyl (C=O) groups is 2. The summed E-state index contributed by atoms with van der Waals surface area (Å²) < 4.78 is 5.12. The minimum Gasteiger partial charge on any atom is -0.497 e. The maximum Gasteiger partial charge on any atom is 0.311 e. The van der Waals surface area contributed by atoms with Gasteiger partial charge in [-0.2, -0.15) is 5.10 Å². The highest BCUT2D eigenvalue weighted by Crippen LogP contribution is 2.31. The zero-order chi connectivity index (χ0) is 17.3. The third-order valence-corrected chi connectivity index (χ3v) is 4.47. The van der Waals surface area contributed by atoms with E-state index < -0.39 is 11.4 Å². The van der Waals surface area contributed by atoms with E-state index in [0.29, 0.717) is 24.4 Å². The number of nitrogens with zero attached hydrogens (tertiary/aromatic N) is 2. The van der Waals surface area contributed by atoms with Crippen molar-refractivity contribution in [2.24, 2.45) is 5.41 Å². The number of rotatable bonds is 4. The molecule has 7 heteroatoms. The number of amides is 1. The molecule has 1 amide bonds. The Kier molecular flexibility index (Phi) is 4.01. The van der Waals surface area contributed by atoms with Crippen LogP contribution < -0.4 is 4.74 Å². The van der Waals surface area contributed by atoms with Crippen LogP contribution in [0.2, 0.25) is 0 Å². The molecule has 0 aliphatic carbocycles. The highest BCUT2D eigenvalue weighted by atomic mass is 16.5. The molecular formula is C17H19N3O4. The van der Waals surface area contributed by atoms with Crippen LogP contribution in [0.4, 0.5) is 0 Å². The molecule has 1 fully saturated rings. The second-order valence-electron chi connectivity index (χ2n) is 6.24. The van der Waals surface area contributed by atoms with Crippen LogP contribution >= 0.6 is 0 Å². The number of nitrogens with one attached hydrogen (secondary N) is 1. The van der Waals surface area contributed by atoms with Crippen LogP contribution in [-0.2, 0) is 4.79 Å². The molecule has 126 valence electrons. The van der Waals surface area contributed by atoms with Crippen LogP contribution in [0.25, 0.3) is 11.3 Å². The molecule has 7 nitrogen and oxygen atoms in total. The molecule has 0 bridgehead atoms. The highest BCUT2D eigenvalue weighted by Gasteiger charge is 2.42. The van der Waals surface area contributed by atoms with Crippen molar-refractivity contribution in [2.45, 2.75) is 13.3 Å². The van der Waals surface area contributed by atoms with Crippen molar-refractivity contribution in [3.8, 4) is 17.0 Å². The van der Waals surface area contributed by atoms with Gasteiger partial charge in [0.25, 0.3) is 5.91 Å². The standard InChI is InChI=1S/C17H19N3O4/c1-17(16(22)23)7-8-20(10-17)15(21)14-9-13(18-19-14)11-3-5-12(24-2)6-4-11/h3-6,9H,7-8,10H2,1-2H3,(H,18,19)(H,22,23). The Labute approximate surface area is 139 Å². The summed E-state index contributed by atoms with van der Waals surface area (Å²) in [7, 11) is 1.60. The lowest BCUT2D eigenvalue weighted by molar-refractivity contribution is -0.147. The average Bonchev–Trinajstić information content (AvgIpc) is 3.22. The molecule has 1 unspecified atom stereocenters. The molecule has 1 saturated heterocycles. The monoisotopic (exact) mass is 329 g/mol. The Morgan fingerprint density at radius 1 is 1.33 bits per heavy atom. The number of aromatic amines is 1. The van der Waals surface area contributed by atoms with Crippen molar-refractivity contribution in [1.29, 1.82) is 0 Å². The molecule has 2 N–H and O–H groups in total. The van der Waals surface area contributed by atoms with Crippen molar-refractivity contribution >= 4 is 11.9 Å². The van der Waals surface area contributed by atoms with Gasteiger partial charge in [-0.1, -0.05) is 0 Å². The number of carboxylic acids is 1. The molecule has 1 aliphatic rings. The van der Waals surface area contributed by atoms with Gasteiger partial charge in [0.1, 0.15) is 11.4 Å². The van der Waals surface area contributed by atoms with Gasteiger partial charge in [-0.05, 0) is 43.7 Å². The summed E-state index contributed by atoms with van der Waals surface area (Å²) in [6.07, 6.45) is 0.452. The molecule has 24 heavy (non-hydrogen) atoms. The maximum absolute atomic E-state index is 12.5. The normalized spacial score (nSPS) is 20.2. The summed E-state index contributed by atoms with van der Waals surface area (Å²) in [6.45, 7) is 2.30. The van der Waals surface area contributed by atoms with Gasteiger partial charge in [-0.3, -0.25) is 14.7 Å². The SMILES string of the molecule is COc1ccc(-c2cc(C(=O)N3CCC(C)(C(=O)O)C3)[nH]n2)cc1. The number of aromatic nitrogens is 2. The van der Waals surface area contributed by atoms with Crippen LogP contribution in [0.3, 0.4) is 0 Å². The van der Waals surface area contributed by atoms with Crippen molar-refractivity contribution in [2.75, 3.05) is 20.2 Å². The first-order chi connectivity index (χ1) is 11.4. The average molecular weight is 329 g/mol. The second kappa shape index (κ2) is 5.99. The predicted octanol–water partition coefficient (Wildman–Crippen LogP) is 2.02. The van der Waals surface area contributed by atoms with Crippen LogP contribution in [0.15, 0.2) is 30.3 Å². The zero-order valence-electron chi connectivity index (χ0n) is 13.6. The van der Waals surface area contributed by atoms with E-state index in [1.54, 1.807) is 25.0 Å². The number of carbonyl (C=O) groups excluding carboxylic acids is 1. The van der Waals surface area contributed by atoms with E-state index in [2.05, 4.69) is 10.2 Å². The maximum atomic E-state index is 12.5. The molecule has 0 radical (unpaired) electrons. The van der Waals surface area contributed by atoms with Crippen LogP contribution in [-0.4, -0.2) is 52.3 Å². The molecule has 2 heterocycles. The first kappa shape index (κ1) is 16.0. The number of hydrogen-bond donors (Lipinski definition) is 2. The number of methoxy groups -OCH3 is 1. The number of H-pyrrole nitrogens is 1. The van der Waals surface area contributed by atoms with E-state index in [4.69, 9.17) is 4.74 Å². The lowest BCUT2D eigenvalue weighted by Gasteiger charge is -2.19. The Bertz CT molecular complexity index is 768. The third kappa shape index (κ3) is 2.84. The fraction of sp³-hybridized carbons (Fsp3) is 0.353. The molecule has 0 saturated carbocycles. The number of likely N-dealkylation sites (tertiary alicyclic amines) is 1. The van der Waals surface area contributed by atoms with Crippen LogP contribution in [0, 0.1) is 5.41 Å². The van der Waals surface area contributed by atoms with Gasteiger partial charge in [-0.15, -0.1) is 0 Å². The number of carboxylic acid groups (broad SMARTS) is 1. The topological polar surface area (TPSA) is 95.5 Å². The van der Waals surface area contributed by atoms with Gasteiger partial charge < -0.3 is 14.7 Å². The van der Waals surface area contributed by atoms with Crippen LogP contribution in [0.1, 0.15) is 23.8 Å². The van der Waals surface area contributed by atoms with Crippen molar-refractivity contribution in [3.63, 3.8) is 0 Å². The van der Waals surface area contributed by atoms with E-state index >= 15 is 0 Å². The first-order valence-electron chi connectivity index (χ1n) is 7.65. The quantitative estimate of drug-likeness (QED) is 0.895. The molecule has 2 aromatic rings. The summed E-state index contributed by atoms with van der Waals surface area (Å²) in [5, 5.41) is 16.2. The van der Waals surface area contributed by atoms with Gasteiger partial charge in [0.15, 0.2) is 0 Å².